The van der Waals surface area contributed by atoms with Crippen molar-refractivity contribution in [3.05, 3.63) is 41.8 Å². The maximum Gasteiger partial charge on any atom is 0.501 e. The number of nitrogens with one attached hydrogen (secondary N) is 1. The van der Waals surface area contributed by atoms with E-state index in [4.69, 9.17) is 4.74 Å². The smallest absolute Gasteiger partial charge is 0.380 e. The number of urea groups is 1. The molecule has 0 spiro atoms. The van der Waals surface area contributed by atoms with Gasteiger partial charge in [-0.1, -0.05) is 6.08 Å². The van der Waals surface area contributed by atoms with Crippen LogP contribution in [0.3, 0.4) is 0 Å². The van der Waals surface area contributed by atoms with Crippen molar-refractivity contribution in [3.8, 4) is 0 Å². The normalized spacial score (nSPS) is 25.0. The van der Waals surface area contributed by atoms with E-state index >= 15 is 0 Å². The topological polar surface area (TPSA) is 114 Å². The highest BCUT2D eigenvalue weighted by atomic mass is 32.2. The van der Waals surface area contributed by atoms with Crippen LogP contribution in [0.5, 0.6) is 0 Å². The molecule has 11 heteroatoms. The van der Waals surface area contributed by atoms with Crippen LogP contribution in [0, 0.1) is 5.92 Å². The van der Waals surface area contributed by atoms with Crippen molar-refractivity contribution in [1.82, 2.24) is 19.4 Å². The van der Waals surface area contributed by atoms with E-state index in [1.165, 1.54) is 12.2 Å². The number of imide groups is 1. The summed E-state index contributed by atoms with van der Waals surface area (Å²) in [5.74, 6) is -0.329. The maximum atomic E-state index is 13.4. The fourth-order valence-electron chi connectivity index (χ4n) is 4.07. The molecule has 2 fully saturated rings. The van der Waals surface area contributed by atoms with Gasteiger partial charge in [-0.15, -0.1) is 0 Å². The fourth-order valence-corrected chi connectivity index (χ4v) is 5.70. The molecule has 2 aliphatic heterocycles. The predicted molar refractivity (Wildman–Crippen MR) is 114 cm³/mol. The van der Waals surface area contributed by atoms with E-state index < -0.39 is 32.8 Å². The lowest BCUT2D eigenvalue weighted by Gasteiger charge is -2.30. The summed E-state index contributed by atoms with van der Waals surface area (Å²) in [7, 11) is -1.95. The molecule has 1 unspecified atom stereocenters. The number of hydrogen-bond donors (Lipinski definition) is 1. The van der Waals surface area contributed by atoms with Crippen LogP contribution in [0.25, 0.3) is 0 Å². The molecule has 1 aromatic heterocycles. The summed E-state index contributed by atoms with van der Waals surface area (Å²) in [5, 5.41) is 3.12. The van der Waals surface area contributed by atoms with Crippen molar-refractivity contribution in [2.45, 2.75) is 37.1 Å². The molecular weight excluding hydrogens is 434 g/mol. The Bertz CT molecular complexity index is 1190. The van der Waals surface area contributed by atoms with Gasteiger partial charge in [0.2, 0.25) is 10.0 Å². The van der Waals surface area contributed by atoms with Gasteiger partial charge in [-0.05, 0) is 31.9 Å². The van der Waals surface area contributed by atoms with Crippen LogP contribution < -0.4 is 4.72 Å². The number of ether oxygens (including phenoxy) is 1. The van der Waals surface area contributed by atoms with Crippen LogP contribution in [0.4, 0.5) is 4.79 Å². The Morgan fingerprint density at radius 2 is 2.06 bits per heavy atom. The second kappa shape index (κ2) is 7.46. The molecular formula is C21H26N5O5S+. The van der Waals surface area contributed by atoms with Crippen LogP contribution >= 0.6 is 0 Å². The Labute approximate surface area is 186 Å². The van der Waals surface area contributed by atoms with Crippen LogP contribution in [-0.4, -0.2) is 75.9 Å². The van der Waals surface area contributed by atoms with Crippen molar-refractivity contribution in [2.75, 3.05) is 19.8 Å². The highest BCUT2D eigenvalue weighted by molar-refractivity contribution is 7.90. The first kappa shape index (κ1) is 21.2. The zero-order valence-corrected chi connectivity index (χ0v) is 18.8. The number of aromatic nitrogens is 2. The first-order valence-corrected chi connectivity index (χ1v) is 12.2. The third-order valence-electron chi connectivity index (χ3n) is 6.27. The average molecular weight is 461 g/mol. The summed E-state index contributed by atoms with van der Waals surface area (Å²) in [6, 6.07) is -0.424. The number of amides is 3. The van der Waals surface area contributed by atoms with Gasteiger partial charge in [-0.3, -0.25) is 4.68 Å². The first-order chi connectivity index (χ1) is 15.2. The number of carbonyl (C=O) groups is 2. The Hall–Kier alpha value is -2.63. The highest BCUT2D eigenvalue weighted by Crippen LogP contribution is 2.36. The molecule has 170 valence electrons. The average Bonchev–Trinajstić information content (AvgIpc) is 3.27. The van der Waals surface area contributed by atoms with E-state index in [2.05, 4.69) is 9.82 Å². The largest absolute Gasteiger partial charge is 0.501 e. The second-order valence-corrected chi connectivity index (χ2v) is 11.0. The van der Waals surface area contributed by atoms with Crippen molar-refractivity contribution in [3.63, 3.8) is 0 Å². The van der Waals surface area contributed by atoms with Gasteiger partial charge in [-0.25, -0.2) is 17.9 Å². The summed E-state index contributed by atoms with van der Waals surface area (Å²) in [6.07, 6.45) is 9.51. The summed E-state index contributed by atoms with van der Waals surface area (Å²) in [6.45, 7) is 3.43. The van der Waals surface area contributed by atoms with Crippen molar-refractivity contribution in [1.29, 1.82) is 0 Å². The number of fused-ring (bicyclic) bond motifs is 1. The number of sulfonamides is 1. The molecule has 1 N–H and O–H groups in total. The van der Waals surface area contributed by atoms with Crippen molar-refractivity contribution >= 4 is 27.7 Å². The molecule has 0 bridgehead atoms. The number of hydrogen-bond acceptors (Lipinski definition) is 6. The van der Waals surface area contributed by atoms with Crippen molar-refractivity contribution in [2.24, 2.45) is 13.0 Å². The maximum absolute atomic E-state index is 13.4. The molecule has 3 heterocycles. The minimum absolute atomic E-state index is 0.0608. The van der Waals surface area contributed by atoms with E-state index in [1.807, 2.05) is 6.92 Å². The SMILES string of the molecule is Cn1cc(CN2C(=O)C3=CC(S(=O)(=O)NC4(C)CC4)C=CC3=[N+](CC3COC3)C2=O)cn1. The Morgan fingerprint density at radius 1 is 1.31 bits per heavy atom. The Balaban J connectivity index is 1.51. The molecule has 1 atom stereocenters. The summed E-state index contributed by atoms with van der Waals surface area (Å²) in [4.78, 5) is 27.8. The first-order valence-electron chi connectivity index (χ1n) is 10.6. The van der Waals surface area contributed by atoms with Crippen LogP contribution in [0.15, 0.2) is 36.2 Å². The minimum Gasteiger partial charge on any atom is -0.380 e. The predicted octanol–water partition coefficient (Wildman–Crippen LogP) is 0.319. The third-order valence-corrected chi connectivity index (χ3v) is 8.06. The van der Waals surface area contributed by atoms with Crippen LogP contribution in [0.2, 0.25) is 0 Å². The van der Waals surface area contributed by atoms with E-state index in [0.29, 0.717) is 31.0 Å². The van der Waals surface area contributed by atoms with E-state index in [9.17, 15) is 18.0 Å². The molecule has 1 saturated heterocycles. The number of allylic oxidation sites excluding steroid dienone is 1. The lowest BCUT2D eigenvalue weighted by Crippen LogP contribution is -2.54. The van der Waals surface area contributed by atoms with Gasteiger partial charge < -0.3 is 4.74 Å². The molecule has 1 aromatic rings. The quantitative estimate of drug-likeness (QED) is 0.587. The number of nitrogens with zero attached hydrogens (tertiary/aromatic N) is 4. The molecule has 0 radical (unpaired) electrons. The van der Waals surface area contributed by atoms with Crippen LogP contribution in [-0.2, 0) is 33.1 Å². The summed E-state index contributed by atoms with van der Waals surface area (Å²) < 4.78 is 37.0. The lowest BCUT2D eigenvalue weighted by atomic mass is 9.98. The van der Waals surface area contributed by atoms with Gasteiger partial charge >= 0.3 is 11.9 Å². The molecule has 5 rings (SSSR count). The summed E-state index contributed by atoms with van der Waals surface area (Å²) in [5.41, 5.74) is 0.972. The highest BCUT2D eigenvalue weighted by Gasteiger charge is 2.48. The fraction of sp³-hybridized carbons (Fsp3) is 0.524. The van der Waals surface area contributed by atoms with Gasteiger partial charge in [0, 0.05) is 30.3 Å². The summed E-state index contributed by atoms with van der Waals surface area (Å²) >= 11 is 0. The van der Waals surface area contributed by atoms with Gasteiger partial charge in [0.15, 0.2) is 0 Å². The number of carbonyl (C=O) groups excluding carboxylic acids is 2. The minimum atomic E-state index is -3.71. The second-order valence-electron chi connectivity index (χ2n) is 9.21. The Kier molecular flexibility index (Phi) is 4.95. The molecule has 4 aliphatic rings. The third kappa shape index (κ3) is 3.84. The van der Waals surface area contributed by atoms with E-state index in [0.717, 1.165) is 17.7 Å². The number of aryl methyl sites for hydroxylation is 1. The van der Waals surface area contributed by atoms with E-state index in [1.54, 1.807) is 34.8 Å². The number of rotatable bonds is 7. The molecule has 10 nitrogen and oxygen atoms in total. The molecule has 1 saturated carbocycles. The van der Waals surface area contributed by atoms with E-state index in [-0.39, 0.29) is 18.0 Å². The zero-order valence-electron chi connectivity index (χ0n) is 18.0. The Morgan fingerprint density at radius 3 is 2.66 bits per heavy atom. The van der Waals surface area contributed by atoms with Gasteiger partial charge in [0.05, 0.1) is 19.4 Å². The van der Waals surface area contributed by atoms with Gasteiger partial charge in [-0.2, -0.15) is 19.4 Å². The van der Waals surface area contributed by atoms with Crippen LogP contribution in [0.1, 0.15) is 25.3 Å². The zero-order chi connectivity index (χ0) is 22.7. The molecule has 0 aromatic carbocycles. The molecule has 32 heavy (non-hydrogen) atoms. The standard InChI is InChI=1S/C21H26N5O5S/c1-21(5-6-21)23-32(29,30)16-3-4-18-17(7-16)19(27)26(10-14-8-22-24(2)9-14)20(28)25(18)11-15-12-31-13-15/h3-4,7-9,15-16,23H,5-6,10-13H2,1-2H3/q+1. The molecule has 3 amide bonds. The monoisotopic (exact) mass is 460 g/mol. The van der Waals surface area contributed by atoms with Gasteiger partial charge in [0.25, 0.3) is 0 Å². The lowest BCUT2D eigenvalue weighted by molar-refractivity contribution is -0.453. The molecule has 2 aliphatic carbocycles. The van der Waals surface area contributed by atoms with Crippen molar-refractivity contribution < 1.29 is 27.3 Å². The van der Waals surface area contributed by atoms with Gasteiger partial charge in [0.1, 0.15) is 29.6 Å².